The van der Waals surface area contributed by atoms with Gasteiger partial charge in [-0.15, -0.1) is 0 Å². The number of hydrogen-bond acceptors (Lipinski definition) is 3. The topological polar surface area (TPSA) is 37.6 Å². The minimum atomic E-state index is -0.268. The first-order valence-electron chi connectivity index (χ1n) is 11.0. The predicted octanol–water partition coefficient (Wildman–Crippen LogP) is 4.83. The van der Waals surface area contributed by atoms with E-state index in [4.69, 9.17) is 4.74 Å². The molecular formula is C25H40N2O2. The minimum Gasteiger partial charge on any atom is -0.392 e. The Bertz CT molecular complexity index is 700. The lowest BCUT2D eigenvalue weighted by Crippen LogP contribution is -2.34. The van der Waals surface area contributed by atoms with Crippen LogP contribution < -0.4 is 0 Å². The monoisotopic (exact) mass is 400 g/mol. The molecule has 1 heterocycles. The van der Waals surface area contributed by atoms with Crippen LogP contribution in [-0.2, 0) is 23.2 Å². The van der Waals surface area contributed by atoms with Crippen LogP contribution in [0.1, 0.15) is 63.8 Å². The quantitative estimate of drug-likeness (QED) is 0.518. The van der Waals surface area contributed by atoms with Crippen LogP contribution in [0.3, 0.4) is 0 Å². The molecule has 0 spiro atoms. The maximum atomic E-state index is 10.3. The van der Waals surface area contributed by atoms with E-state index in [1.165, 1.54) is 16.8 Å². The van der Waals surface area contributed by atoms with Crippen LogP contribution in [0.5, 0.6) is 0 Å². The lowest BCUT2D eigenvalue weighted by molar-refractivity contribution is 0.0918. The zero-order valence-electron chi connectivity index (χ0n) is 19.0. The molecule has 162 valence electrons. The van der Waals surface area contributed by atoms with Crippen LogP contribution in [0.4, 0.5) is 0 Å². The van der Waals surface area contributed by atoms with E-state index < -0.39 is 0 Å². The number of rotatable bonds is 12. The molecule has 0 saturated heterocycles. The summed E-state index contributed by atoms with van der Waals surface area (Å²) in [6, 6.07) is 13.3. The van der Waals surface area contributed by atoms with Crippen LogP contribution in [0.15, 0.2) is 42.6 Å². The van der Waals surface area contributed by atoms with Gasteiger partial charge in [0.1, 0.15) is 0 Å². The van der Waals surface area contributed by atoms with Crippen molar-refractivity contribution in [2.75, 3.05) is 26.8 Å². The predicted molar refractivity (Wildman–Crippen MR) is 121 cm³/mol. The van der Waals surface area contributed by atoms with Gasteiger partial charge in [0.2, 0.25) is 0 Å². The first-order valence-corrected chi connectivity index (χ1v) is 11.0. The third kappa shape index (κ3) is 7.96. The Hall–Kier alpha value is -1.62. The maximum Gasteiger partial charge on any atom is 0.0667 e. The lowest BCUT2D eigenvalue weighted by Gasteiger charge is -2.26. The molecule has 1 aromatic carbocycles. The molecule has 1 aromatic heterocycles. The summed E-state index contributed by atoms with van der Waals surface area (Å²) in [6.07, 6.45) is 4.72. The second-order valence-corrected chi connectivity index (χ2v) is 9.10. The summed E-state index contributed by atoms with van der Waals surface area (Å²) >= 11 is 0. The van der Waals surface area contributed by atoms with Gasteiger partial charge >= 0.3 is 0 Å². The zero-order chi connectivity index (χ0) is 21.3. The Labute approximate surface area is 177 Å². The summed E-state index contributed by atoms with van der Waals surface area (Å²) in [5.41, 5.74) is 4.14. The molecule has 0 fully saturated rings. The SMILES string of the molecule is CCC[C@H](O)CN(CCCOC)Cc1cccn1Cc1ccc(C(C)(C)C)cc1. The number of methoxy groups -OCH3 is 1. The highest BCUT2D eigenvalue weighted by Crippen LogP contribution is 2.22. The van der Waals surface area contributed by atoms with E-state index in [1.54, 1.807) is 7.11 Å². The van der Waals surface area contributed by atoms with E-state index in [-0.39, 0.29) is 11.5 Å². The van der Waals surface area contributed by atoms with Crippen molar-refractivity contribution in [1.82, 2.24) is 9.47 Å². The second-order valence-electron chi connectivity index (χ2n) is 9.10. The first-order chi connectivity index (χ1) is 13.8. The van der Waals surface area contributed by atoms with Gasteiger partial charge in [0.25, 0.3) is 0 Å². The fourth-order valence-corrected chi connectivity index (χ4v) is 3.67. The zero-order valence-corrected chi connectivity index (χ0v) is 19.0. The van der Waals surface area contributed by atoms with Crippen LogP contribution in [-0.4, -0.2) is 47.5 Å². The average Bonchev–Trinajstić information content (AvgIpc) is 3.08. The Morgan fingerprint density at radius 2 is 1.86 bits per heavy atom. The van der Waals surface area contributed by atoms with Crippen molar-refractivity contribution >= 4 is 0 Å². The number of aliphatic hydroxyl groups excluding tert-OH is 1. The molecule has 4 nitrogen and oxygen atoms in total. The van der Waals surface area contributed by atoms with Crippen molar-refractivity contribution in [3.8, 4) is 0 Å². The average molecular weight is 401 g/mol. The number of aromatic nitrogens is 1. The molecule has 1 atom stereocenters. The molecule has 2 rings (SSSR count). The van der Waals surface area contributed by atoms with E-state index >= 15 is 0 Å². The Kier molecular flexibility index (Phi) is 9.41. The summed E-state index contributed by atoms with van der Waals surface area (Å²) in [4.78, 5) is 2.36. The Balaban J connectivity index is 2.05. The molecule has 0 saturated carbocycles. The first kappa shape index (κ1) is 23.7. The number of benzene rings is 1. The van der Waals surface area contributed by atoms with E-state index in [0.29, 0.717) is 6.54 Å². The minimum absolute atomic E-state index is 0.180. The van der Waals surface area contributed by atoms with E-state index in [2.05, 4.69) is 79.8 Å². The van der Waals surface area contributed by atoms with Crippen molar-refractivity contribution in [2.45, 2.75) is 71.6 Å². The van der Waals surface area contributed by atoms with Crippen molar-refractivity contribution in [1.29, 1.82) is 0 Å². The van der Waals surface area contributed by atoms with Crippen molar-refractivity contribution < 1.29 is 9.84 Å². The normalized spacial score (nSPS) is 13.2. The van der Waals surface area contributed by atoms with Crippen LogP contribution in [0.2, 0.25) is 0 Å². The fraction of sp³-hybridized carbons (Fsp3) is 0.600. The molecule has 0 aliphatic rings. The lowest BCUT2D eigenvalue weighted by atomic mass is 9.87. The van der Waals surface area contributed by atoms with Gasteiger partial charge in [0.05, 0.1) is 6.10 Å². The molecule has 29 heavy (non-hydrogen) atoms. The molecule has 0 amide bonds. The third-order valence-electron chi connectivity index (χ3n) is 5.40. The number of nitrogens with zero attached hydrogens (tertiary/aromatic N) is 2. The van der Waals surface area contributed by atoms with Crippen molar-refractivity contribution in [3.05, 3.63) is 59.4 Å². The van der Waals surface area contributed by atoms with Gasteiger partial charge < -0.3 is 14.4 Å². The summed E-state index contributed by atoms with van der Waals surface area (Å²) < 4.78 is 7.54. The molecule has 1 N–H and O–H groups in total. The van der Waals surface area contributed by atoms with E-state index in [9.17, 15) is 5.11 Å². The van der Waals surface area contributed by atoms with E-state index in [1.807, 2.05) is 0 Å². The van der Waals surface area contributed by atoms with Gasteiger partial charge in [-0.1, -0.05) is 58.4 Å². The number of hydrogen-bond donors (Lipinski definition) is 1. The van der Waals surface area contributed by atoms with Gasteiger partial charge in [-0.3, -0.25) is 4.90 Å². The maximum absolute atomic E-state index is 10.3. The highest BCUT2D eigenvalue weighted by atomic mass is 16.5. The molecular weight excluding hydrogens is 360 g/mol. The third-order valence-corrected chi connectivity index (χ3v) is 5.40. The summed E-state index contributed by atoms with van der Waals surface area (Å²) in [6.45, 7) is 13.0. The number of ether oxygens (including phenoxy) is 1. The molecule has 0 unspecified atom stereocenters. The highest BCUT2D eigenvalue weighted by Gasteiger charge is 2.15. The molecule has 4 heteroatoms. The van der Waals surface area contributed by atoms with E-state index in [0.717, 1.165) is 45.5 Å². The van der Waals surface area contributed by atoms with Gasteiger partial charge in [0, 0.05) is 51.8 Å². The number of aliphatic hydroxyl groups is 1. The van der Waals surface area contributed by atoms with Crippen LogP contribution in [0.25, 0.3) is 0 Å². The van der Waals surface area contributed by atoms with Crippen molar-refractivity contribution in [2.24, 2.45) is 0 Å². The summed E-state index contributed by atoms with van der Waals surface area (Å²) in [5.74, 6) is 0. The highest BCUT2D eigenvalue weighted by molar-refractivity contribution is 5.28. The van der Waals surface area contributed by atoms with Crippen LogP contribution in [0, 0.1) is 0 Å². The molecule has 0 aliphatic heterocycles. The largest absolute Gasteiger partial charge is 0.392 e. The summed E-state index contributed by atoms with van der Waals surface area (Å²) in [7, 11) is 1.74. The Morgan fingerprint density at radius 1 is 1.14 bits per heavy atom. The fourth-order valence-electron chi connectivity index (χ4n) is 3.67. The Morgan fingerprint density at radius 3 is 2.48 bits per heavy atom. The van der Waals surface area contributed by atoms with Crippen molar-refractivity contribution in [3.63, 3.8) is 0 Å². The standard InChI is InChI=1S/C25H40N2O2/c1-6-9-24(28)20-26(15-8-17-29-5)19-23-10-7-16-27(23)18-21-11-13-22(14-12-21)25(2,3)4/h7,10-14,16,24,28H,6,8-9,15,17-20H2,1-5H3/t24-/m0/s1. The summed E-state index contributed by atoms with van der Waals surface area (Å²) in [5, 5.41) is 10.3. The van der Waals surface area contributed by atoms with Gasteiger partial charge in [-0.05, 0) is 41.5 Å². The van der Waals surface area contributed by atoms with Crippen LogP contribution >= 0.6 is 0 Å². The molecule has 2 aromatic rings. The van der Waals surface area contributed by atoms with Gasteiger partial charge in [0.15, 0.2) is 0 Å². The second kappa shape index (κ2) is 11.5. The molecule has 0 aliphatic carbocycles. The van der Waals surface area contributed by atoms with Gasteiger partial charge in [-0.2, -0.15) is 0 Å². The molecule has 0 bridgehead atoms. The smallest absolute Gasteiger partial charge is 0.0667 e. The molecule has 0 radical (unpaired) electrons. The van der Waals surface area contributed by atoms with Gasteiger partial charge in [-0.25, -0.2) is 0 Å².